The van der Waals surface area contributed by atoms with Crippen molar-refractivity contribution in [3.8, 4) is 0 Å². The number of halogens is 2. The van der Waals surface area contributed by atoms with Crippen molar-refractivity contribution in [2.24, 2.45) is 0 Å². The summed E-state index contributed by atoms with van der Waals surface area (Å²) in [6, 6.07) is 7.25. The van der Waals surface area contributed by atoms with E-state index in [4.69, 9.17) is 16.6 Å². The van der Waals surface area contributed by atoms with Gasteiger partial charge < -0.3 is 16.6 Å². The van der Waals surface area contributed by atoms with Crippen molar-refractivity contribution in [1.82, 2.24) is 0 Å². The van der Waals surface area contributed by atoms with E-state index in [1.165, 1.54) is 0 Å². The summed E-state index contributed by atoms with van der Waals surface area (Å²) in [5, 5.41) is 7.00. The molecule has 0 radical (unpaired) electrons. The van der Waals surface area contributed by atoms with Gasteiger partial charge in [0.05, 0.1) is 11.4 Å². The van der Waals surface area contributed by atoms with E-state index in [0.717, 1.165) is 7.11 Å². The van der Waals surface area contributed by atoms with Gasteiger partial charge in [-0.25, -0.2) is 0 Å². The van der Waals surface area contributed by atoms with E-state index in [2.05, 4.69) is 0 Å². The number of benzene rings is 1. The quantitative estimate of drug-likeness (QED) is 0.569. The molecule has 0 saturated carbocycles. The fraction of sp³-hybridized carbons (Fsp3) is 0.143. The summed E-state index contributed by atoms with van der Waals surface area (Å²) >= 11 is 0. The van der Waals surface area contributed by atoms with Crippen LogP contribution in [0, 0.1) is 0 Å². The lowest BCUT2D eigenvalue weighted by Crippen LogP contribution is -1.91. The summed E-state index contributed by atoms with van der Waals surface area (Å²) in [4.78, 5) is 0. The monoisotopic (exact) mass is 212 g/mol. The Kier molecular flexibility index (Phi) is 15.1. The van der Waals surface area contributed by atoms with Gasteiger partial charge in [-0.05, 0) is 12.1 Å². The van der Waals surface area contributed by atoms with E-state index >= 15 is 0 Å². The number of nitrogen functional groups attached to an aromatic ring is 2. The molecule has 0 atom stereocenters. The van der Waals surface area contributed by atoms with Gasteiger partial charge in [-0.2, -0.15) is 0 Å². The Bertz CT molecular complexity index is 176. The van der Waals surface area contributed by atoms with Crippen molar-refractivity contribution in [3.63, 3.8) is 0 Å². The minimum absolute atomic E-state index is 0. The second-order valence-corrected chi connectivity index (χ2v) is 1.63. The molecular formula is C7H14Cl2N2O. The number of hydrogen-bond donors (Lipinski definition) is 3. The molecule has 5 heteroatoms. The first kappa shape index (κ1) is 17.4. The third kappa shape index (κ3) is 6.09. The Morgan fingerprint density at radius 1 is 0.917 bits per heavy atom. The molecule has 0 aliphatic heterocycles. The molecule has 3 nitrogen and oxygen atoms in total. The van der Waals surface area contributed by atoms with Crippen LogP contribution in [0.2, 0.25) is 0 Å². The molecule has 12 heavy (non-hydrogen) atoms. The summed E-state index contributed by atoms with van der Waals surface area (Å²) in [5.41, 5.74) is 12.1. The van der Waals surface area contributed by atoms with E-state index in [-0.39, 0.29) is 24.8 Å². The average molecular weight is 213 g/mol. The first-order valence-electron chi connectivity index (χ1n) is 2.85. The van der Waals surface area contributed by atoms with Crippen molar-refractivity contribution < 1.29 is 5.11 Å². The highest BCUT2D eigenvalue weighted by Gasteiger charge is 1.85. The molecule has 0 aliphatic carbocycles. The van der Waals surface area contributed by atoms with Crippen molar-refractivity contribution in [2.45, 2.75) is 0 Å². The van der Waals surface area contributed by atoms with Gasteiger partial charge in [-0.1, -0.05) is 12.1 Å². The zero-order chi connectivity index (χ0) is 7.98. The molecule has 1 aromatic rings. The van der Waals surface area contributed by atoms with Gasteiger partial charge in [0.15, 0.2) is 0 Å². The predicted molar refractivity (Wildman–Crippen MR) is 57.9 cm³/mol. The molecule has 0 spiro atoms. The van der Waals surface area contributed by atoms with Crippen molar-refractivity contribution >= 4 is 36.2 Å². The van der Waals surface area contributed by atoms with Crippen LogP contribution in [-0.2, 0) is 0 Å². The maximum atomic E-state index is 7.00. The van der Waals surface area contributed by atoms with Crippen LogP contribution in [0.4, 0.5) is 11.4 Å². The highest BCUT2D eigenvalue weighted by Crippen LogP contribution is 2.10. The number of anilines is 2. The number of aliphatic hydroxyl groups is 1. The third-order valence-electron chi connectivity index (χ3n) is 0.996. The Hall–Kier alpha value is -0.640. The highest BCUT2D eigenvalue weighted by molar-refractivity contribution is 5.85. The fourth-order valence-electron chi connectivity index (χ4n) is 0.511. The Balaban J connectivity index is -0.000000189. The van der Waals surface area contributed by atoms with Crippen LogP contribution >= 0.6 is 24.8 Å². The molecule has 72 valence electrons. The lowest BCUT2D eigenvalue weighted by Gasteiger charge is -1.94. The molecule has 1 aromatic carbocycles. The topological polar surface area (TPSA) is 72.3 Å². The van der Waals surface area contributed by atoms with E-state index in [9.17, 15) is 0 Å². The van der Waals surface area contributed by atoms with Crippen LogP contribution in [-0.4, -0.2) is 12.2 Å². The zero-order valence-electron chi connectivity index (χ0n) is 6.73. The molecule has 0 heterocycles. The van der Waals surface area contributed by atoms with Crippen molar-refractivity contribution in [1.29, 1.82) is 0 Å². The number of rotatable bonds is 0. The van der Waals surface area contributed by atoms with E-state index in [1.54, 1.807) is 12.1 Å². The van der Waals surface area contributed by atoms with Gasteiger partial charge in [-0.3, -0.25) is 0 Å². The molecule has 0 bridgehead atoms. The van der Waals surface area contributed by atoms with Gasteiger partial charge in [0.1, 0.15) is 0 Å². The predicted octanol–water partition coefficient (Wildman–Crippen LogP) is 1.30. The number of para-hydroxylation sites is 2. The lowest BCUT2D eigenvalue weighted by atomic mass is 10.3. The van der Waals surface area contributed by atoms with Crippen LogP contribution in [0.3, 0.4) is 0 Å². The maximum Gasteiger partial charge on any atom is 0.0547 e. The lowest BCUT2D eigenvalue weighted by molar-refractivity contribution is 0.399. The molecule has 0 unspecified atom stereocenters. The molecule has 0 amide bonds. The van der Waals surface area contributed by atoms with Gasteiger partial charge in [0.25, 0.3) is 0 Å². The standard InChI is InChI=1S/C6H8N2.CH4O.2ClH/c7-5-3-1-2-4-6(5)8;1-2;;/h1-4H,7-8H2;2H,1H3;2*1H. The first-order chi connectivity index (χ1) is 4.80. The van der Waals surface area contributed by atoms with Gasteiger partial charge in [0.2, 0.25) is 0 Å². The van der Waals surface area contributed by atoms with Crippen molar-refractivity contribution in [3.05, 3.63) is 24.3 Å². The van der Waals surface area contributed by atoms with Crippen LogP contribution < -0.4 is 11.5 Å². The van der Waals surface area contributed by atoms with Crippen LogP contribution in [0.25, 0.3) is 0 Å². The third-order valence-corrected chi connectivity index (χ3v) is 0.996. The minimum Gasteiger partial charge on any atom is -0.400 e. The normalized spacial score (nSPS) is 6.50. The Morgan fingerprint density at radius 2 is 1.17 bits per heavy atom. The largest absolute Gasteiger partial charge is 0.400 e. The van der Waals surface area contributed by atoms with Gasteiger partial charge >= 0.3 is 0 Å². The summed E-state index contributed by atoms with van der Waals surface area (Å²) in [6.07, 6.45) is 0. The van der Waals surface area contributed by atoms with Gasteiger partial charge in [-0.15, -0.1) is 24.8 Å². The molecule has 0 saturated heterocycles. The van der Waals surface area contributed by atoms with Crippen molar-refractivity contribution in [2.75, 3.05) is 18.6 Å². The summed E-state index contributed by atoms with van der Waals surface area (Å²) in [5.74, 6) is 0. The molecule has 5 N–H and O–H groups in total. The second kappa shape index (κ2) is 10.4. The van der Waals surface area contributed by atoms with Crippen LogP contribution in [0.15, 0.2) is 24.3 Å². The molecule has 0 fully saturated rings. The molecule has 0 aromatic heterocycles. The fourth-order valence-corrected chi connectivity index (χ4v) is 0.511. The summed E-state index contributed by atoms with van der Waals surface area (Å²) < 4.78 is 0. The Morgan fingerprint density at radius 3 is 1.33 bits per heavy atom. The number of aliphatic hydroxyl groups excluding tert-OH is 1. The number of nitrogens with two attached hydrogens (primary N) is 2. The van der Waals surface area contributed by atoms with Crippen LogP contribution in [0.5, 0.6) is 0 Å². The second-order valence-electron chi connectivity index (χ2n) is 1.63. The molecule has 1 rings (SSSR count). The Labute approximate surface area is 84.6 Å². The minimum atomic E-state index is 0. The first-order valence-corrected chi connectivity index (χ1v) is 2.85. The average Bonchev–Trinajstić information content (AvgIpc) is 2.00. The smallest absolute Gasteiger partial charge is 0.0547 e. The number of hydrogen-bond acceptors (Lipinski definition) is 3. The van der Waals surface area contributed by atoms with E-state index in [0.29, 0.717) is 11.4 Å². The molecule has 0 aliphatic rings. The highest BCUT2D eigenvalue weighted by atomic mass is 35.5. The zero-order valence-corrected chi connectivity index (χ0v) is 8.36. The molecular weight excluding hydrogens is 199 g/mol. The van der Waals surface area contributed by atoms with Crippen LogP contribution in [0.1, 0.15) is 0 Å². The summed E-state index contributed by atoms with van der Waals surface area (Å²) in [6.45, 7) is 0. The summed E-state index contributed by atoms with van der Waals surface area (Å²) in [7, 11) is 1.00. The van der Waals surface area contributed by atoms with Gasteiger partial charge in [0, 0.05) is 7.11 Å². The SMILES string of the molecule is CO.Cl.Cl.Nc1ccccc1N. The van der Waals surface area contributed by atoms with E-state index in [1.807, 2.05) is 12.1 Å². The van der Waals surface area contributed by atoms with E-state index < -0.39 is 0 Å². The maximum absolute atomic E-state index is 7.00.